The summed E-state index contributed by atoms with van der Waals surface area (Å²) >= 11 is 0. The van der Waals surface area contributed by atoms with E-state index in [0.29, 0.717) is 11.5 Å². The molecule has 0 aromatic carbocycles. The molecule has 0 radical (unpaired) electrons. The number of carbonyl (C=O) groups is 1. The van der Waals surface area contributed by atoms with E-state index in [1.54, 1.807) is 7.05 Å². The van der Waals surface area contributed by atoms with Crippen molar-refractivity contribution in [3.05, 3.63) is 17.7 Å². The summed E-state index contributed by atoms with van der Waals surface area (Å²) in [6, 6.07) is 1.96. The number of aromatic nitrogens is 2. The largest absolute Gasteiger partial charge is 0.316 e. The van der Waals surface area contributed by atoms with E-state index in [1.807, 2.05) is 19.9 Å². The minimum Gasteiger partial charge on any atom is -0.316 e. The smallest absolute Gasteiger partial charge is 0.200 e. The number of imidazole rings is 1. The molecule has 0 saturated carbocycles. The molecule has 0 bridgehead atoms. The van der Waals surface area contributed by atoms with Crippen molar-refractivity contribution in [1.29, 1.82) is 5.26 Å². The summed E-state index contributed by atoms with van der Waals surface area (Å²) in [5.41, 5.74) is 0.406. The lowest BCUT2D eigenvalue weighted by atomic mass is 10.1. The summed E-state index contributed by atoms with van der Waals surface area (Å²) in [4.78, 5) is 15.4. The molecule has 1 rings (SSSR count). The van der Waals surface area contributed by atoms with E-state index in [4.69, 9.17) is 5.26 Å². The maximum atomic E-state index is 11.5. The van der Waals surface area contributed by atoms with Crippen LogP contribution in [0, 0.1) is 17.2 Å². The van der Waals surface area contributed by atoms with Crippen molar-refractivity contribution in [1.82, 2.24) is 9.55 Å². The minimum absolute atomic E-state index is 0.0380. The molecule has 4 heteroatoms. The van der Waals surface area contributed by atoms with Gasteiger partial charge in [0.1, 0.15) is 11.8 Å². The number of nitriles is 1. The molecular weight excluding hydrogens is 166 g/mol. The van der Waals surface area contributed by atoms with Crippen LogP contribution < -0.4 is 0 Å². The molecule has 68 valence electrons. The molecule has 0 atom stereocenters. The second-order valence-electron chi connectivity index (χ2n) is 3.16. The molecular formula is C9H11N3O. The van der Waals surface area contributed by atoms with Gasteiger partial charge in [0.25, 0.3) is 0 Å². The summed E-state index contributed by atoms with van der Waals surface area (Å²) in [5, 5.41) is 8.63. The van der Waals surface area contributed by atoms with Gasteiger partial charge in [-0.15, -0.1) is 0 Å². The number of carbonyl (C=O) groups excluding carboxylic acids is 1. The molecule has 13 heavy (non-hydrogen) atoms. The van der Waals surface area contributed by atoms with Gasteiger partial charge in [-0.1, -0.05) is 13.8 Å². The van der Waals surface area contributed by atoms with Crippen molar-refractivity contribution < 1.29 is 4.79 Å². The second-order valence-corrected chi connectivity index (χ2v) is 3.16. The fraction of sp³-hybridized carbons (Fsp3) is 0.444. The lowest BCUT2D eigenvalue weighted by molar-refractivity contribution is 0.0925. The van der Waals surface area contributed by atoms with E-state index in [-0.39, 0.29) is 11.7 Å². The van der Waals surface area contributed by atoms with Crippen LogP contribution in [0.25, 0.3) is 0 Å². The van der Waals surface area contributed by atoms with Crippen molar-refractivity contribution in [3.63, 3.8) is 0 Å². The molecule has 1 aromatic rings. The first kappa shape index (κ1) is 9.46. The maximum Gasteiger partial charge on any atom is 0.200 e. The molecule has 1 heterocycles. The van der Waals surface area contributed by atoms with Gasteiger partial charge in [-0.05, 0) is 0 Å². The lowest BCUT2D eigenvalue weighted by Crippen LogP contribution is -2.13. The fourth-order valence-electron chi connectivity index (χ4n) is 1.00. The van der Waals surface area contributed by atoms with Crippen LogP contribution in [0.15, 0.2) is 6.20 Å². The van der Waals surface area contributed by atoms with Crippen molar-refractivity contribution >= 4 is 5.78 Å². The summed E-state index contributed by atoms with van der Waals surface area (Å²) in [5.74, 6) is 0.225. The number of rotatable bonds is 2. The Balaban J connectivity index is 3.11. The summed E-state index contributed by atoms with van der Waals surface area (Å²) < 4.78 is 1.52. The Bertz CT molecular complexity index is 371. The SMILES string of the molecule is CC(C)C(=O)c1ncc(C#N)n1C. The highest BCUT2D eigenvalue weighted by Crippen LogP contribution is 2.07. The topological polar surface area (TPSA) is 58.7 Å². The van der Waals surface area contributed by atoms with Gasteiger partial charge >= 0.3 is 0 Å². The zero-order valence-corrected chi connectivity index (χ0v) is 7.90. The molecule has 0 fully saturated rings. The highest BCUT2D eigenvalue weighted by molar-refractivity contribution is 5.94. The lowest BCUT2D eigenvalue weighted by Gasteiger charge is -2.03. The van der Waals surface area contributed by atoms with Crippen LogP contribution in [0.1, 0.15) is 30.2 Å². The Hall–Kier alpha value is -1.63. The first-order valence-electron chi connectivity index (χ1n) is 4.04. The van der Waals surface area contributed by atoms with Gasteiger partial charge in [0.15, 0.2) is 5.82 Å². The standard InChI is InChI=1S/C9H11N3O/c1-6(2)8(13)9-11-5-7(4-10)12(9)3/h5-6H,1-3H3. The van der Waals surface area contributed by atoms with Crippen LogP contribution in [0.2, 0.25) is 0 Å². The summed E-state index contributed by atoms with van der Waals surface area (Å²) in [6.07, 6.45) is 1.41. The number of hydrogen-bond acceptors (Lipinski definition) is 3. The second kappa shape index (κ2) is 3.40. The zero-order valence-electron chi connectivity index (χ0n) is 7.90. The molecule has 4 nitrogen and oxygen atoms in total. The number of Topliss-reactive ketones (excluding diaryl/α,β-unsaturated/α-hetero) is 1. The molecule has 0 aliphatic rings. The minimum atomic E-state index is -0.0901. The third-order valence-corrected chi connectivity index (χ3v) is 1.85. The Labute approximate surface area is 76.8 Å². The van der Waals surface area contributed by atoms with Crippen LogP contribution in [-0.4, -0.2) is 15.3 Å². The summed E-state index contributed by atoms with van der Waals surface area (Å²) in [7, 11) is 1.67. The molecule has 1 aromatic heterocycles. The Kier molecular flexibility index (Phi) is 2.47. The van der Waals surface area contributed by atoms with Gasteiger partial charge in [-0.2, -0.15) is 5.26 Å². The van der Waals surface area contributed by atoms with E-state index < -0.39 is 0 Å². The first-order valence-corrected chi connectivity index (χ1v) is 4.04. The average Bonchev–Trinajstić information content (AvgIpc) is 2.45. The fourth-order valence-corrected chi connectivity index (χ4v) is 1.00. The van der Waals surface area contributed by atoms with E-state index in [0.717, 1.165) is 0 Å². The number of hydrogen-bond donors (Lipinski definition) is 0. The van der Waals surface area contributed by atoms with Crippen molar-refractivity contribution in [2.75, 3.05) is 0 Å². The molecule has 0 amide bonds. The molecule has 0 unspecified atom stereocenters. The number of nitrogens with zero attached hydrogens (tertiary/aromatic N) is 3. The van der Waals surface area contributed by atoms with Gasteiger partial charge in [0.05, 0.1) is 6.20 Å². The van der Waals surface area contributed by atoms with Crippen LogP contribution >= 0.6 is 0 Å². The van der Waals surface area contributed by atoms with Crippen LogP contribution in [0.4, 0.5) is 0 Å². The zero-order chi connectivity index (χ0) is 10.0. The molecule has 0 aliphatic carbocycles. The van der Waals surface area contributed by atoms with Gasteiger partial charge in [0.2, 0.25) is 5.78 Å². The van der Waals surface area contributed by atoms with Crippen molar-refractivity contribution in [2.45, 2.75) is 13.8 Å². The quantitative estimate of drug-likeness (QED) is 0.636. The molecule has 0 N–H and O–H groups in total. The van der Waals surface area contributed by atoms with Crippen LogP contribution in [0.5, 0.6) is 0 Å². The van der Waals surface area contributed by atoms with E-state index in [2.05, 4.69) is 4.98 Å². The monoisotopic (exact) mass is 177 g/mol. The van der Waals surface area contributed by atoms with Gasteiger partial charge in [-0.3, -0.25) is 4.79 Å². The predicted octanol–water partition coefficient (Wildman–Crippen LogP) is 1.13. The van der Waals surface area contributed by atoms with Gasteiger partial charge < -0.3 is 4.57 Å². The normalized spacial score (nSPS) is 10.1. The Morgan fingerprint density at radius 2 is 2.31 bits per heavy atom. The van der Waals surface area contributed by atoms with Crippen LogP contribution in [-0.2, 0) is 7.05 Å². The van der Waals surface area contributed by atoms with E-state index >= 15 is 0 Å². The van der Waals surface area contributed by atoms with Crippen molar-refractivity contribution in [2.24, 2.45) is 13.0 Å². The first-order chi connectivity index (χ1) is 6.07. The Morgan fingerprint density at radius 3 is 2.69 bits per heavy atom. The van der Waals surface area contributed by atoms with E-state index in [1.165, 1.54) is 10.8 Å². The van der Waals surface area contributed by atoms with Gasteiger partial charge in [-0.25, -0.2) is 4.98 Å². The molecule has 0 aliphatic heterocycles. The third-order valence-electron chi connectivity index (χ3n) is 1.85. The highest BCUT2D eigenvalue weighted by atomic mass is 16.1. The highest BCUT2D eigenvalue weighted by Gasteiger charge is 2.16. The average molecular weight is 177 g/mol. The van der Waals surface area contributed by atoms with Crippen LogP contribution in [0.3, 0.4) is 0 Å². The number of ketones is 1. The summed E-state index contributed by atoms with van der Waals surface area (Å²) in [6.45, 7) is 3.62. The predicted molar refractivity (Wildman–Crippen MR) is 47.1 cm³/mol. The molecule has 0 spiro atoms. The third kappa shape index (κ3) is 1.59. The Morgan fingerprint density at radius 1 is 1.69 bits per heavy atom. The van der Waals surface area contributed by atoms with Crippen molar-refractivity contribution in [3.8, 4) is 6.07 Å². The molecule has 0 saturated heterocycles. The maximum absolute atomic E-state index is 11.5. The van der Waals surface area contributed by atoms with E-state index in [9.17, 15) is 4.79 Å². The van der Waals surface area contributed by atoms with Gasteiger partial charge in [0, 0.05) is 13.0 Å².